The van der Waals surface area contributed by atoms with Crippen LogP contribution in [0.5, 0.6) is 0 Å². The monoisotopic (exact) mass is 374 g/mol. The van der Waals surface area contributed by atoms with Gasteiger partial charge in [0.15, 0.2) is 5.16 Å². The predicted molar refractivity (Wildman–Crippen MR) is 99.7 cm³/mol. The molecule has 1 fully saturated rings. The van der Waals surface area contributed by atoms with Crippen molar-refractivity contribution in [1.82, 2.24) is 9.55 Å². The maximum Gasteiger partial charge on any atom is 0.262 e. The molecule has 0 saturated heterocycles. The highest BCUT2D eigenvalue weighted by atomic mass is 35.5. The lowest BCUT2D eigenvalue weighted by molar-refractivity contribution is 0.548. The van der Waals surface area contributed by atoms with Crippen molar-refractivity contribution in [1.29, 1.82) is 0 Å². The van der Waals surface area contributed by atoms with Crippen LogP contribution in [0.3, 0.4) is 0 Å². The molecule has 0 bridgehead atoms. The van der Waals surface area contributed by atoms with E-state index in [1.807, 2.05) is 18.2 Å². The summed E-state index contributed by atoms with van der Waals surface area (Å²) in [5, 5.41) is 1.63. The summed E-state index contributed by atoms with van der Waals surface area (Å²) in [6.07, 6.45) is 2.28. The number of benzene rings is 2. The molecule has 4 rings (SSSR count). The molecule has 0 amide bonds. The van der Waals surface area contributed by atoms with Gasteiger partial charge in [0.2, 0.25) is 0 Å². The van der Waals surface area contributed by atoms with Gasteiger partial charge in [-0.05, 0) is 43.0 Å². The van der Waals surface area contributed by atoms with E-state index in [9.17, 15) is 9.18 Å². The highest BCUT2D eigenvalue weighted by molar-refractivity contribution is 7.98. The molecule has 0 N–H and O–H groups in total. The van der Waals surface area contributed by atoms with Crippen LogP contribution in [0.4, 0.5) is 4.39 Å². The quantitative estimate of drug-likeness (QED) is 0.471. The topological polar surface area (TPSA) is 34.9 Å². The Hall–Kier alpha value is -1.85. The van der Waals surface area contributed by atoms with Gasteiger partial charge in [-0.15, -0.1) is 0 Å². The fourth-order valence-corrected chi connectivity index (χ4v) is 4.14. The van der Waals surface area contributed by atoms with Gasteiger partial charge in [0.1, 0.15) is 5.82 Å². The number of nitrogens with zero attached hydrogens (tertiary/aromatic N) is 2. The lowest BCUT2D eigenvalue weighted by Crippen LogP contribution is -2.24. The fourth-order valence-electron chi connectivity index (χ4n) is 2.78. The molecule has 6 heteroatoms. The standard InChI is InChI=1S/C19H16ClFN2OS/c20-15-5-3-6-16(21)14(15)11-25-19-22-17-7-2-1-4-13(17)18(24)23(19)10-12-8-9-12/h1-7,12H,8-11H2. The molecule has 128 valence electrons. The first-order valence-corrected chi connectivity index (χ1v) is 9.55. The van der Waals surface area contributed by atoms with Gasteiger partial charge in [0, 0.05) is 22.9 Å². The summed E-state index contributed by atoms with van der Waals surface area (Å²) in [6.45, 7) is 0.671. The van der Waals surface area contributed by atoms with E-state index in [4.69, 9.17) is 11.6 Å². The summed E-state index contributed by atoms with van der Waals surface area (Å²) in [4.78, 5) is 17.5. The molecular formula is C19H16ClFN2OS. The molecule has 1 aliphatic carbocycles. The molecule has 0 radical (unpaired) electrons. The molecule has 0 spiro atoms. The van der Waals surface area contributed by atoms with Gasteiger partial charge in [0.25, 0.3) is 5.56 Å². The van der Waals surface area contributed by atoms with E-state index in [2.05, 4.69) is 4.98 Å². The molecule has 1 heterocycles. The van der Waals surface area contributed by atoms with Crippen LogP contribution in [0.25, 0.3) is 10.9 Å². The largest absolute Gasteiger partial charge is 0.287 e. The van der Waals surface area contributed by atoms with Crippen LogP contribution in [0.2, 0.25) is 5.02 Å². The second-order valence-electron chi connectivity index (χ2n) is 6.26. The Morgan fingerprint density at radius 2 is 2.00 bits per heavy atom. The molecule has 0 atom stereocenters. The summed E-state index contributed by atoms with van der Waals surface area (Å²) in [7, 11) is 0. The zero-order chi connectivity index (χ0) is 17.4. The smallest absolute Gasteiger partial charge is 0.262 e. The number of hydrogen-bond donors (Lipinski definition) is 0. The number of halogens is 2. The predicted octanol–water partition coefficient (Wildman–Crippen LogP) is 4.89. The Labute approximate surface area is 153 Å². The number of para-hydroxylation sites is 1. The van der Waals surface area contributed by atoms with Crippen molar-refractivity contribution in [3.05, 3.63) is 69.2 Å². The van der Waals surface area contributed by atoms with Gasteiger partial charge in [0.05, 0.1) is 10.9 Å². The van der Waals surface area contributed by atoms with Gasteiger partial charge in [-0.2, -0.15) is 0 Å². The molecule has 1 aromatic heterocycles. The van der Waals surface area contributed by atoms with E-state index >= 15 is 0 Å². The number of fused-ring (bicyclic) bond motifs is 1. The van der Waals surface area contributed by atoms with Crippen molar-refractivity contribution >= 4 is 34.3 Å². The van der Waals surface area contributed by atoms with Gasteiger partial charge in [-0.25, -0.2) is 9.37 Å². The molecule has 1 aliphatic rings. The van der Waals surface area contributed by atoms with E-state index < -0.39 is 0 Å². The molecule has 2 aromatic carbocycles. The summed E-state index contributed by atoms with van der Waals surface area (Å²) >= 11 is 7.47. The van der Waals surface area contributed by atoms with E-state index in [1.165, 1.54) is 17.8 Å². The minimum Gasteiger partial charge on any atom is -0.287 e. The van der Waals surface area contributed by atoms with E-state index in [0.29, 0.717) is 44.9 Å². The SMILES string of the molecule is O=c1c2ccccc2nc(SCc2c(F)cccc2Cl)n1CC1CC1. The van der Waals surface area contributed by atoms with E-state index in [1.54, 1.807) is 22.8 Å². The average molecular weight is 375 g/mol. The molecule has 0 unspecified atom stereocenters. The van der Waals surface area contributed by atoms with E-state index in [0.717, 1.165) is 12.8 Å². The fraction of sp³-hybridized carbons (Fsp3) is 0.263. The van der Waals surface area contributed by atoms with Crippen molar-refractivity contribution in [2.24, 2.45) is 5.92 Å². The Morgan fingerprint density at radius 3 is 2.76 bits per heavy atom. The summed E-state index contributed by atoms with van der Waals surface area (Å²) in [6, 6.07) is 12.0. The first-order chi connectivity index (χ1) is 12.1. The number of thioether (sulfide) groups is 1. The van der Waals surface area contributed by atoms with Crippen LogP contribution >= 0.6 is 23.4 Å². The maximum atomic E-state index is 14.0. The third-order valence-electron chi connectivity index (χ3n) is 4.37. The third kappa shape index (κ3) is 3.44. The van der Waals surface area contributed by atoms with Crippen LogP contribution in [-0.4, -0.2) is 9.55 Å². The summed E-state index contributed by atoms with van der Waals surface area (Å²) in [5.41, 5.74) is 1.08. The van der Waals surface area contributed by atoms with Crippen molar-refractivity contribution < 1.29 is 4.39 Å². The molecule has 25 heavy (non-hydrogen) atoms. The zero-order valence-electron chi connectivity index (χ0n) is 13.4. The molecule has 3 nitrogen and oxygen atoms in total. The zero-order valence-corrected chi connectivity index (χ0v) is 15.0. The van der Waals surface area contributed by atoms with Crippen LogP contribution in [0, 0.1) is 11.7 Å². The van der Waals surface area contributed by atoms with Crippen molar-refractivity contribution in [3.63, 3.8) is 0 Å². The van der Waals surface area contributed by atoms with Crippen molar-refractivity contribution in [2.45, 2.75) is 30.3 Å². The third-order valence-corrected chi connectivity index (χ3v) is 5.73. The maximum absolute atomic E-state index is 14.0. The van der Waals surface area contributed by atoms with Gasteiger partial charge < -0.3 is 0 Å². The molecule has 1 saturated carbocycles. The molecular weight excluding hydrogens is 359 g/mol. The minimum atomic E-state index is -0.336. The lowest BCUT2D eigenvalue weighted by atomic mass is 10.2. The second kappa shape index (κ2) is 6.81. The number of aromatic nitrogens is 2. The van der Waals surface area contributed by atoms with Crippen molar-refractivity contribution in [2.75, 3.05) is 0 Å². The first-order valence-electron chi connectivity index (χ1n) is 8.19. The Bertz CT molecular complexity index is 980. The van der Waals surface area contributed by atoms with Crippen molar-refractivity contribution in [3.8, 4) is 0 Å². The molecule has 3 aromatic rings. The normalized spacial score (nSPS) is 14.2. The Balaban J connectivity index is 1.73. The first kappa shape index (κ1) is 16.6. The Morgan fingerprint density at radius 1 is 1.20 bits per heavy atom. The highest BCUT2D eigenvalue weighted by Crippen LogP contribution is 2.33. The van der Waals surface area contributed by atoms with Gasteiger partial charge >= 0.3 is 0 Å². The average Bonchev–Trinajstić information content (AvgIpc) is 3.42. The van der Waals surface area contributed by atoms with Gasteiger partial charge in [-0.1, -0.05) is 41.6 Å². The summed E-state index contributed by atoms with van der Waals surface area (Å²) in [5.74, 6) is 0.537. The van der Waals surface area contributed by atoms with Crippen LogP contribution in [0.1, 0.15) is 18.4 Å². The number of rotatable bonds is 5. The highest BCUT2D eigenvalue weighted by Gasteiger charge is 2.24. The molecule has 0 aliphatic heterocycles. The number of hydrogen-bond acceptors (Lipinski definition) is 3. The lowest BCUT2D eigenvalue weighted by Gasteiger charge is -2.13. The van der Waals surface area contributed by atoms with Crippen LogP contribution < -0.4 is 5.56 Å². The second-order valence-corrected chi connectivity index (χ2v) is 7.61. The van der Waals surface area contributed by atoms with Gasteiger partial charge in [-0.3, -0.25) is 9.36 Å². The van der Waals surface area contributed by atoms with Crippen LogP contribution in [0.15, 0.2) is 52.4 Å². The van der Waals surface area contributed by atoms with Crippen LogP contribution in [-0.2, 0) is 12.3 Å². The summed E-state index contributed by atoms with van der Waals surface area (Å²) < 4.78 is 15.8. The minimum absolute atomic E-state index is 0.0281. The Kier molecular flexibility index (Phi) is 4.52. The van der Waals surface area contributed by atoms with E-state index in [-0.39, 0.29) is 11.4 Å².